The zero-order valence-electron chi connectivity index (χ0n) is 12.5. The number of benzene rings is 1. The molecular weight excluding hydrogens is 284 g/mol. The highest BCUT2D eigenvalue weighted by molar-refractivity contribution is 6.34. The number of hydrogen-bond acceptors (Lipinski definition) is 2. The largest absolute Gasteiger partial charge is 0.324 e. The highest BCUT2D eigenvalue weighted by atomic mass is 35.5. The van der Waals surface area contributed by atoms with E-state index in [1.165, 1.54) is 32.1 Å². The molecule has 0 saturated heterocycles. The van der Waals surface area contributed by atoms with Crippen LogP contribution in [0.4, 0.5) is 5.69 Å². The van der Waals surface area contributed by atoms with E-state index in [4.69, 9.17) is 17.3 Å². The number of fused-ring (bicyclic) bond motifs is 1. The lowest BCUT2D eigenvalue weighted by Gasteiger charge is -2.28. The molecule has 1 amide bonds. The Hall–Kier alpha value is -1.06. The number of carbonyl (C=O) groups is 1. The number of anilines is 1. The van der Waals surface area contributed by atoms with Gasteiger partial charge in [-0.3, -0.25) is 4.79 Å². The lowest BCUT2D eigenvalue weighted by Crippen LogP contribution is -2.23. The first-order valence-electron chi connectivity index (χ1n) is 8.01. The number of nitrogens with two attached hydrogens (primary N) is 1. The van der Waals surface area contributed by atoms with Crippen molar-refractivity contribution >= 4 is 23.2 Å². The molecule has 0 spiro atoms. The third-order valence-corrected chi connectivity index (χ3v) is 5.33. The maximum atomic E-state index is 12.0. The Bertz CT molecular complexity index is 552. The lowest BCUT2D eigenvalue weighted by atomic mass is 9.81. The van der Waals surface area contributed by atoms with Gasteiger partial charge in [-0.25, -0.2) is 0 Å². The third-order valence-electron chi connectivity index (χ3n) is 5.03. The Morgan fingerprint density at radius 3 is 2.71 bits per heavy atom. The molecule has 114 valence electrons. The van der Waals surface area contributed by atoms with Gasteiger partial charge in [0.1, 0.15) is 0 Å². The van der Waals surface area contributed by atoms with Gasteiger partial charge in [0.2, 0.25) is 5.91 Å². The molecule has 2 aliphatic rings. The van der Waals surface area contributed by atoms with E-state index < -0.39 is 0 Å². The summed E-state index contributed by atoms with van der Waals surface area (Å²) in [5.74, 6) is 0.506. The zero-order chi connectivity index (χ0) is 15.0. The second-order valence-corrected chi connectivity index (χ2v) is 6.75. The zero-order valence-corrected chi connectivity index (χ0v) is 13.2. The first kappa shape index (κ1) is 14.9. The van der Waals surface area contributed by atoms with Crippen LogP contribution < -0.4 is 11.1 Å². The standard InChI is InChI=1S/C17H23ClN2O/c1-2-12-13-8-11(9-14(18)16(13)20-17(12)21)15(19)10-6-4-3-5-7-10/h8-10,12,15H,2-7,19H2,1H3,(H,20,21). The van der Waals surface area contributed by atoms with Crippen molar-refractivity contribution < 1.29 is 4.79 Å². The third kappa shape index (κ3) is 2.69. The summed E-state index contributed by atoms with van der Waals surface area (Å²) < 4.78 is 0. The number of nitrogens with one attached hydrogen (secondary N) is 1. The summed E-state index contributed by atoms with van der Waals surface area (Å²) in [6.07, 6.45) is 7.06. The fraction of sp³-hybridized carbons (Fsp3) is 0.588. The minimum Gasteiger partial charge on any atom is -0.324 e. The van der Waals surface area contributed by atoms with E-state index in [1.807, 2.05) is 13.0 Å². The Kier molecular flexibility index (Phi) is 4.23. The second-order valence-electron chi connectivity index (χ2n) is 6.34. The average Bonchev–Trinajstić information content (AvgIpc) is 2.83. The number of carbonyl (C=O) groups excluding carboxylic acids is 1. The van der Waals surface area contributed by atoms with Crippen LogP contribution in [-0.2, 0) is 4.79 Å². The van der Waals surface area contributed by atoms with Gasteiger partial charge in [0, 0.05) is 6.04 Å². The van der Waals surface area contributed by atoms with Crippen molar-refractivity contribution in [2.45, 2.75) is 57.4 Å². The molecule has 21 heavy (non-hydrogen) atoms. The number of rotatable bonds is 3. The van der Waals surface area contributed by atoms with Gasteiger partial charge in [-0.2, -0.15) is 0 Å². The number of hydrogen-bond donors (Lipinski definition) is 2. The van der Waals surface area contributed by atoms with E-state index in [0.717, 1.165) is 23.2 Å². The van der Waals surface area contributed by atoms with Crippen molar-refractivity contribution in [3.05, 3.63) is 28.3 Å². The van der Waals surface area contributed by atoms with Crippen molar-refractivity contribution in [3.63, 3.8) is 0 Å². The molecule has 0 aromatic heterocycles. The van der Waals surface area contributed by atoms with Crippen LogP contribution in [0, 0.1) is 5.92 Å². The highest BCUT2D eigenvalue weighted by Crippen LogP contribution is 2.42. The van der Waals surface area contributed by atoms with Crippen LogP contribution in [0.5, 0.6) is 0 Å². The highest BCUT2D eigenvalue weighted by Gasteiger charge is 2.32. The van der Waals surface area contributed by atoms with E-state index in [-0.39, 0.29) is 17.9 Å². The summed E-state index contributed by atoms with van der Waals surface area (Å²) >= 11 is 6.38. The predicted octanol–water partition coefficient (Wildman–Crippen LogP) is 4.37. The number of halogens is 1. The van der Waals surface area contributed by atoms with Crippen LogP contribution in [0.3, 0.4) is 0 Å². The van der Waals surface area contributed by atoms with Crippen molar-refractivity contribution in [2.24, 2.45) is 11.7 Å². The molecule has 1 aliphatic carbocycles. The summed E-state index contributed by atoms with van der Waals surface area (Å²) in [5, 5.41) is 3.52. The van der Waals surface area contributed by atoms with Crippen LogP contribution in [0.15, 0.2) is 12.1 Å². The van der Waals surface area contributed by atoms with Crippen molar-refractivity contribution in [3.8, 4) is 0 Å². The van der Waals surface area contributed by atoms with Crippen LogP contribution in [0.25, 0.3) is 0 Å². The summed E-state index contributed by atoms with van der Waals surface area (Å²) in [7, 11) is 0. The van der Waals surface area contributed by atoms with Gasteiger partial charge in [0.15, 0.2) is 0 Å². The molecule has 1 aromatic rings. The maximum absolute atomic E-state index is 12.0. The molecule has 1 heterocycles. The first-order chi connectivity index (χ1) is 10.1. The fourth-order valence-electron chi connectivity index (χ4n) is 3.77. The summed E-state index contributed by atoms with van der Waals surface area (Å²) in [4.78, 5) is 12.0. The van der Waals surface area contributed by atoms with Gasteiger partial charge in [-0.05, 0) is 42.4 Å². The van der Waals surface area contributed by atoms with Crippen LogP contribution in [0.1, 0.15) is 68.5 Å². The van der Waals surface area contributed by atoms with Crippen LogP contribution >= 0.6 is 11.6 Å². The molecule has 1 aliphatic heterocycles. The molecule has 3 rings (SSSR count). The Balaban J connectivity index is 1.92. The fourth-order valence-corrected chi connectivity index (χ4v) is 4.05. The van der Waals surface area contributed by atoms with Gasteiger partial charge in [-0.1, -0.05) is 43.9 Å². The minimum absolute atomic E-state index is 0.0290. The molecule has 4 heteroatoms. The topological polar surface area (TPSA) is 55.1 Å². The Morgan fingerprint density at radius 1 is 1.33 bits per heavy atom. The van der Waals surface area contributed by atoms with Crippen molar-refractivity contribution in [1.82, 2.24) is 0 Å². The molecule has 1 aromatic carbocycles. The van der Waals surface area contributed by atoms with E-state index in [9.17, 15) is 4.79 Å². The lowest BCUT2D eigenvalue weighted by molar-refractivity contribution is -0.117. The average molecular weight is 307 g/mol. The molecule has 3 N–H and O–H groups in total. The van der Waals surface area contributed by atoms with Crippen LogP contribution in [0.2, 0.25) is 5.02 Å². The first-order valence-corrected chi connectivity index (χ1v) is 8.39. The van der Waals surface area contributed by atoms with E-state index >= 15 is 0 Å². The Morgan fingerprint density at radius 2 is 2.05 bits per heavy atom. The van der Waals surface area contributed by atoms with E-state index in [0.29, 0.717) is 10.9 Å². The van der Waals surface area contributed by atoms with Gasteiger partial charge in [0.25, 0.3) is 0 Å². The van der Waals surface area contributed by atoms with Crippen LogP contribution in [-0.4, -0.2) is 5.91 Å². The smallest absolute Gasteiger partial charge is 0.232 e. The maximum Gasteiger partial charge on any atom is 0.232 e. The second kappa shape index (κ2) is 5.98. The van der Waals surface area contributed by atoms with E-state index in [2.05, 4.69) is 11.4 Å². The quantitative estimate of drug-likeness (QED) is 0.871. The Labute approximate surface area is 131 Å². The minimum atomic E-state index is -0.0870. The van der Waals surface area contributed by atoms with Gasteiger partial charge >= 0.3 is 0 Å². The molecule has 2 unspecified atom stereocenters. The van der Waals surface area contributed by atoms with Gasteiger partial charge in [0.05, 0.1) is 16.6 Å². The molecule has 0 radical (unpaired) electrons. The van der Waals surface area contributed by atoms with Gasteiger partial charge in [-0.15, -0.1) is 0 Å². The summed E-state index contributed by atoms with van der Waals surface area (Å²) in [6, 6.07) is 4.08. The normalized spacial score (nSPS) is 23.8. The molecule has 0 bridgehead atoms. The molecule has 1 saturated carbocycles. The monoisotopic (exact) mass is 306 g/mol. The summed E-state index contributed by atoms with van der Waals surface area (Å²) in [6.45, 7) is 2.03. The van der Waals surface area contributed by atoms with E-state index in [1.54, 1.807) is 0 Å². The molecule has 1 fully saturated rings. The van der Waals surface area contributed by atoms with Crippen molar-refractivity contribution in [2.75, 3.05) is 5.32 Å². The summed E-state index contributed by atoms with van der Waals surface area (Å²) in [5.41, 5.74) is 9.38. The SMILES string of the molecule is CCC1C(=O)Nc2c(Cl)cc(C(N)C3CCCCC3)cc21. The number of amides is 1. The predicted molar refractivity (Wildman–Crippen MR) is 86.6 cm³/mol. The molecule has 2 atom stereocenters. The van der Waals surface area contributed by atoms with Crippen molar-refractivity contribution in [1.29, 1.82) is 0 Å². The molecule has 3 nitrogen and oxygen atoms in total. The molecular formula is C17H23ClN2O. The van der Waals surface area contributed by atoms with Gasteiger partial charge < -0.3 is 11.1 Å².